The van der Waals surface area contributed by atoms with E-state index in [1.165, 1.54) is 5.56 Å². The molecule has 3 rings (SSSR count). The Labute approximate surface area is 148 Å². The summed E-state index contributed by atoms with van der Waals surface area (Å²) in [7, 11) is 1.75. The Morgan fingerprint density at radius 3 is 2.20 bits per heavy atom. The monoisotopic (exact) mass is 331 g/mol. The molecule has 0 saturated carbocycles. The lowest BCUT2D eigenvalue weighted by atomic mass is 10.1. The predicted octanol–water partition coefficient (Wildman–Crippen LogP) is 4.53. The van der Waals surface area contributed by atoms with E-state index in [0.717, 1.165) is 11.4 Å². The molecule has 0 saturated heterocycles. The number of hydrogen-bond acceptors (Lipinski definition) is 3. The van der Waals surface area contributed by atoms with E-state index in [1.54, 1.807) is 24.2 Å². The van der Waals surface area contributed by atoms with E-state index in [0.29, 0.717) is 5.69 Å². The van der Waals surface area contributed by atoms with Crippen molar-refractivity contribution in [1.29, 1.82) is 0 Å². The number of amides is 1. The molecule has 0 spiro atoms. The molecule has 1 amide bonds. The second-order valence-electron chi connectivity index (χ2n) is 5.91. The zero-order valence-electron chi connectivity index (χ0n) is 14.4. The third kappa shape index (κ3) is 4.04. The molecule has 1 aromatic heterocycles. The fourth-order valence-electron chi connectivity index (χ4n) is 2.62. The third-order valence-electron chi connectivity index (χ3n) is 4.11. The molecule has 3 aromatic rings. The Morgan fingerprint density at radius 2 is 1.60 bits per heavy atom. The van der Waals surface area contributed by atoms with Crippen LogP contribution in [0, 0.1) is 0 Å². The number of rotatable bonds is 5. The van der Waals surface area contributed by atoms with Crippen LogP contribution in [0.2, 0.25) is 0 Å². The summed E-state index contributed by atoms with van der Waals surface area (Å²) < 4.78 is 0. The van der Waals surface area contributed by atoms with Crippen LogP contribution in [0.1, 0.15) is 29.0 Å². The average molecular weight is 331 g/mol. The maximum Gasteiger partial charge on any atom is 0.276 e. The van der Waals surface area contributed by atoms with E-state index in [2.05, 4.69) is 29.4 Å². The maximum absolute atomic E-state index is 12.5. The number of para-hydroxylation sites is 1. The van der Waals surface area contributed by atoms with Crippen molar-refractivity contribution in [3.63, 3.8) is 0 Å². The molecule has 0 bridgehead atoms. The molecule has 25 heavy (non-hydrogen) atoms. The van der Waals surface area contributed by atoms with Crippen molar-refractivity contribution >= 4 is 17.3 Å². The summed E-state index contributed by atoms with van der Waals surface area (Å²) in [6, 6.07) is 23.5. The number of carbonyl (C=O) groups is 1. The molecular weight excluding hydrogens is 310 g/mol. The van der Waals surface area contributed by atoms with Crippen molar-refractivity contribution in [3.8, 4) is 0 Å². The van der Waals surface area contributed by atoms with Crippen molar-refractivity contribution in [2.75, 3.05) is 17.3 Å². The highest BCUT2D eigenvalue weighted by molar-refractivity contribution is 6.04. The molecule has 4 heteroatoms. The molecule has 1 unspecified atom stereocenters. The first kappa shape index (κ1) is 16.7. The second-order valence-corrected chi connectivity index (χ2v) is 5.91. The SMILES string of the molecule is CC(Nc1ccc(C(=O)N(C)c2ccccc2)nc1)c1ccccc1. The molecule has 0 fully saturated rings. The van der Waals surface area contributed by atoms with E-state index in [-0.39, 0.29) is 11.9 Å². The standard InChI is InChI=1S/C21H21N3O/c1-16(17-9-5-3-6-10-17)23-18-13-14-20(22-15-18)21(25)24(2)19-11-7-4-8-12-19/h3-16,23H,1-2H3. The van der Waals surface area contributed by atoms with Crippen LogP contribution in [0.4, 0.5) is 11.4 Å². The van der Waals surface area contributed by atoms with Gasteiger partial charge in [-0.2, -0.15) is 0 Å². The lowest BCUT2D eigenvalue weighted by molar-refractivity contribution is 0.0988. The zero-order valence-corrected chi connectivity index (χ0v) is 14.4. The van der Waals surface area contributed by atoms with Gasteiger partial charge in [0, 0.05) is 18.8 Å². The molecule has 126 valence electrons. The van der Waals surface area contributed by atoms with Gasteiger partial charge in [0.05, 0.1) is 11.9 Å². The van der Waals surface area contributed by atoms with Gasteiger partial charge in [0.2, 0.25) is 0 Å². The Hall–Kier alpha value is -3.14. The number of pyridine rings is 1. The van der Waals surface area contributed by atoms with Crippen LogP contribution in [0.25, 0.3) is 0 Å². The summed E-state index contributed by atoms with van der Waals surface area (Å²) in [5, 5.41) is 3.40. The Morgan fingerprint density at radius 1 is 0.960 bits per heavy atom. The largest absolute Gasteiger partial charge is 0.377 e. The van der Waals surface area contributed by atoms with Gasteiger partial charge >= 0.3 is 0 Å². The molecule has 4 nitrogen and oxygen atoms in total. The summed E-state index contributed by atoms with van der Waals surface area (Å²) in [6.45, 7) is 2.09. The average Bonchev–Trinajstić information content (AvgIpc) is 2.69. The third-order valence-corrected chi connectivity index (χ3v) is 4.11. The molecule has 0 aliphatic heterocycles. The second kappa shape index (κ2) is 7.62. The van der Waals surface area contributed by atoms with Crippen LogP contribution in [0.3, 0.4) is 0 Å². The first-order valence-electron chi connectivity index (χ1n) is 8.26. The van der Waals surface area contributed by atoms with Gasteiger partial charge in [-0.05, 0) is 36.8 Å². The van der Waals surface area contributed by atoms with Crippen molar-refractivity contribution in [2.24, 2.45) is 0 Å². The van der Waals surface area contributed by atoms with Gasteiger partial charge in [-0.25, -0.2) is 4.98 Å². The van der Waals surface area contributed by atoms with Crippen LogP contribution in [0.15, 0.2) is 79.0 Å². The molecule has 0 radical (unpaired) electrons. The Kier molecular flexibility index (Phi) is 5.09. The summed E-state index contributed by atoms with van der Waals surface area (Å²) in [6.07, 6.45) is 1.70. The lowest BCUT2D eigenvalue weighted by Crippen LogP contribution is -2.27. The van der Waals surface area contributed by atoms with Crippen molar-refractivity contribution < 1.29 is 4.79 Å². The van der Waals surface area contributed by atoms with Gasteiger partial charge < -0.3 is 10.2 Å². The van der Waals surface area contributed by atoms with E-state index in [9.17, 15) is 4.79 Å². The van der Waals surface area contributed by atoms with Crippen LogP contribution in [-0.2, 0) is 0 Å². The molecule has 0 aliphatic rings. The fraction of sp³-hybridized carbons (Fsp3) is 0.143. The van der Waals surface area contributed by atoms with Gasteiger partial charge in [-0.1, -0.05) is 48.5 Å². The summed E-state index contributed by atoms with van der Waals surface area (Å²) in [4.78, 5) is 18.5. The minimum Gasteiger partial charge on any atom is -0.377 e. The van der Waals surface area contributed by atoms with Gasteiger partial charge in [0.1, 0.15) is 5.69 Å². The zero-order chi connectivity index (χ0) is 17.6. The van der Waals surface area contributed by atoms with Gasteiger partial charge in [0.15, 0.2) is 0 Å². The van der Waals surface area contributed by atoms with Crippen LogP contribution >= 0.6 is 0 Å². The summed E-state index contributed by atoms with van der Waals surface area (Å²) in [5.74, 6) is -0.131. The minimum atomic E-state index is -0.131. The molecule has 2 aromatic carbocycles. The van der Waals surface area contributed by atoms with Crippen molar-refractivity contribution in [2.45, 2.75) is 13.0 Å². The molecule has 1 N–H and O–H groups in total. The topological polar surface area (TPSA) is 45.2 Å². The number of anilines is 2. The smallest absolute Gasteiger partial charge is 0.276 e. The maximum atomic E-state index is 12.5. The lowest BCUT2D eigenvalue weighted by Gasteiger charge is -2.18. The first-order chi connectivity index (χ1) is 12.1. The van der Waals surface area contributed by atoms with Crippen LogP contribution in [0.5, 0.6) is 0 Å². The fourth-order valence-corrected chi connectivity index (χ4v) is 2.62. The minimum absolute atomic E-state index is 0.131. The number of hydrogen-bond donors (Lipinski definition) is 1. The highest BCUT2D eigenvalue weighted by atomic mass is 16.2. The van der Waals surface area contributed by atoms with Gasteiger partial charge in [-0.15, -0.1) is 0 Å². The van der Waals surface area contributed by atoms with Crippen molar-refractivity contribution in [3.05, 3.63) is 90.3 Å². The highest BCUT2D eigenvalue weighted by Crippen LogP contribution is 2.19. The Balaban J connectivity index is 1.69. The van der Waals surface area contributed by atoms with Gasteiger partial charge in [0.25, 0.3) is 5.91 Å². The number of carbonyl (C=O) groups excluding carboxylic acids is 1. The number of nitrogens with one attached hydrogen (secondary N) is 1. The van der Waals surface area contributed by atoms with Gasteiger partial charge in [-0.3, -0.25) is 4.79 Å². The summed E-state index contributed by atoms with van der Waals surface area (Å²) >= 11 is 0. The van der Waals surface area contributed by atoms with Crippen LogP contribution < -0.4 is 10.2 Å². The van der Waals surface area contributed by atoms with E-state index >= 15 is 0 Å². The number of aromatic nitrogens is 1. The van der Waals surface area contributed by atoms with Crippen LogP contribution in [-0.4, -0.2) is 17.9 Å². The van der Waals surface area contributed by atoms with E-state index in [4.69, 9.17) is 0 Å². The normalized spacial score (nSPS) is 11.6. The Bertz CT molecular complexity index is 817. The van der Waals surface area contributed by atoms with E-state index < -0.39 is 0 Å². The molecule has 1 heterocycles. The molecular formula is C21H21N3O. The molecule has 1 atom stereocenters. The number of nitrogens with zero attached hydrogens (tertiary/aromatic N) is 2. The van der Waals surface area contributed by atoms with E-state index in [1.807, 2.05) is 54.6 Å². The quantitative estimate of drug-likeness (QED) is 0.747. The first-order valence-corrected chi connectivity index (χ1v) is 8.26. The molecule has 0 aliphatic carbocycles. The highest BCUT2D eigenvalue weighted by Gasteiger charge is 2.14. The van der Waals surface area contributed by atoms with Crippen molar-refractivity contribution in [1.82, 2.24) is 4.98 Å². The summed E-state index contributed by atoms with van der Waals surface area (Å²) in [5.41, 5.74) is 3.35. The number of benzene rings is 2. The predicted molar refractivity (Wildman–Crippen MR) is 102 cm³/mol.